The third kappa shape index (κ3) is 6.37. The van der Waals surface area contributed by atoms with Crippen molar-refractivity contribution < 1.29 is 4.74 Å². The molecular weight excluding hydrogens is 316 g/mol. The Morgan fingerprint density at radius 2 is 1.81 bits per heavy atom. The summed E-state index contributed by atoms with van der Waals surface area (Å²) in [5, 5.41) is 0. The minimum atomic E-state index is 0.970. The molecule has 2 rings (SSSR count). The topological polar surface area (TPSA) is 9.23 Å². The number of rotatable bonds is 10. The maximum Gasteiger partial charge on any atom is 0.119 e. The lowest BCUT2D eigenvalue weighted by molar-refractivity contribution is 0.414. The number of benzene rings is 1. The van der Waals surface area contributed by atoms with Gasteiger partial charge in [-0.2, -0.15) is 0 Å². The van der Waals surface area contributed by atoms with Crippen LogP contribution in [0.4, 0.5) is 0 Å². The van der Waals surface area contributed by atoms with E-state index in [1.165, 1.54) is 27.8 Å². The van der Waals surface area contributed by atoms with Crippen molar-refractivity contribution >= 4 is 5.57 Å². The fraction of sp³-hybridized carbons (Fsp3) is 0.440. The molecule has 1 aliphatic rings. The van der Waals surface area contributed by atoms with Gasteiger partial charge >= 0.3 is 0 Å². The Balaban J connectivity index is 1.83. The average molecular weight is 351 g/mol. The van der Waals surface area contributed by atoms with Crippen molar-refractivity contribution in [2.24, 2.45) is 0 Å². The molecule has 0 saturated heterocycles. The van der Waals surface area contributed by atoms with Crippen LogP contribution >= 0.6 is 0 Å². The summed E-state index contributed by atoms with van der Waals surface area (Å²) < 4.78 is 5.37. The summed E-state index contributed by atoms with van der Waals surface area (Å²) in [6, 6.07) is 6.51. The summed E-state index contributed by atoms with van der Waals surface area (Å²) in [4.78, 5) is 0. The van der Waals surface area contributed by atoms with Crippen LogP contribution in [0.5, 0.6) is 5.75 Å². The summed E-state index contributed by atoms with van der Waals surface area (Å²) in [6.45, 7) is 8.28. The maximum atomic E-state index is 5.37. The van der Waals surface area contributed by atoms with Gasteiger partial charge in [-0.1, -0.05) is 41.5 Å². The van der Waals surface area contributed by atoms with E-state index in [9.17, 15) is 0 Å². The minimum absolute atomic E-state index is 0.970. The maximum absolute atomic E-state index is 5.37. The third-order valence-electron chi connectivity index (χ3n) is 5.14. The molecule has 0 saturated carbocycles. The zero-order valence-corrected chi connectivity index (χ0v) is 16.8. The first-order valence-corrected chi connectivity index (χ1v) is 9.92. The van der Waals surface area contributed by atoms with Gasteiger partial charge in [0, 0.05) is 0 Å². The number of hydrogen-bond donors (Lipinski definition) is 0. The van der Waals surface area contributed by atoms with E-state index >= 15 is 0 Å². The summed E-state index contributed by atoms with van der Waals surface area (Å²) >= 11 is 0. The molecule has 1 aromatic rings. The number of hydrogen-bond acceptors (Lipinski definition) is 1. The zero-order valence-electron chi connectivity index (χ0n) is 16.8. The van der Waals surface area contributed by atoms with E-state index in [-0.39, 0.29) is 0 Å². The Morgan fingerprint density at radius 1 is 1.08 bits per heavy atom. The molecule has 0 amide bonds. The quantitative estimate of drug-likeness (QED) is 0.398. The van der Waals surface area contributed by atoms with E-state index in [4.69, 9.17) is 4.74 Å². The van der Waals surface area contributed by atoms with Crippen LogP contribution in [-0.4, -0.2) is 7.11 Å². The van der Waals surface area contributed by atoms with Crippen molar-refractivity contribution in [3.05, 3.63) is 71.4 Å². The first-order valence-electron chi connectivity index (χ1n) is 9.92. The highest BCUT2D eigenvalue weighted by atomic mass is 16.5. The van der Waals surface area contributed by atoms with Crippen molar-refractivity contribution in [3.63, 3.8) is 0 Å². The highest BCUT2D eigenvalue weighted by Crippen LogP contribution is 2.32. The van der Waals surface area contributed by atoms with Gasteiger partial charge in [0.05, 0.1) is 7.11 Å². The lowest BCUT2D eigenvalue weighted by Gasteiger charge is -2.18. The fourth-order valence-corrected chi connectivity index (χ4v) is 3.52. The fourth-order valence-electron chi connectivity index (χ4n) is 3.52. The smallest absolute Gasteiger partial charge is 0.119 e. The van der Waals surface area contributed by atoms with E-state index < -0.39 is 0 Å². The molecule has 140 valence electrons. The predicted octanol–water partition coefficient (Wildman–Crippen LogP) is 7.44. The molecule has 1 heteroatoms. The second kappa shape index (κ2) is 10.9. The highest BCUT2D eigenvalue weighted by Gasteiger charge is 2.12. The van der Waals surface area contributed by atoms with E-state index in [0.29, 0.717) is 0 Å². The largest absolute Gasteiger partial charge is 0.497 e. The third-order valence-corrected chi connectivity index (χ3v) is 5.14. The molecule has 0 aliphatic heterocycles. The summed E-state index contributed by atoms with van der Waals surface area (Å²) in [5.41, 5.74) is 7.34. The molecule has 1 nitrogen and oxygen atoms in total. The molecule has 1 aliphatic carbocycles. The monoisotopic (exact) mass is 350 g/mol. The second-order valence-corrected chi connectivity index (χ2v) is 7.30. The molecule has 0 atom stereocenters. The number of fused-ring (bicyclic) bond motifs is 1. The minimum Gasteiger partial charge on any atom is -0.497 e. The van der Waals surface area contributed by atoms with Crippen LogP contribution in [-0.2, 0) is 6.42 Å². The molecule has 1 aromatic carbocycles. The lowest BCUT2D eigenvalue weighted by atomic mass is 9.88. The van der Waals surface area contributed by atoms with Gasteiger partial charge in [-0.05, 0) is 94.0 Å². The number of aryl methyl sites for hydroxylation is 1. The Bertz CT molecular complexity index is 688. The first kappa shape index (κ1) is 20.3. The van der Waals surface area contributed by atoms with Crippen molar-refractivity contribution in [3.8, 4) is 5.75 Å². The van der Waals surface area contributed by atoms with Gasteiger partial charge < -0.3 is 4.74 Å². The molecule has 0 fully saturated rings. The van der Waals surface area contributed by atoms with Crippen molar-refractivity contribution in [2.45, 2.75) is 65.2 Å². The van der Waals surface area contributed by atoms with Crippen LogP contribution in [0.15, 0.2) is 60.2 Å². The molecule has 0 unspecified atom stereocenters. The molecule has 0 aromatic heterocycles. The van der Waals surface area contributed by atoms with E-state index in [1.807, 2.05) is 6.08 Å². The van der Waals surface area contributed by atoms with Gasteiger partial charge in [-0.25, -0.2) is 0 Å². The van der Waals surface area contributed by atoms with Crippen molar-refractivity contribution in [2.75, 3.05) is 7.11 Å². The zero-order chi connectivity index (χ0) is 18.8. The Labute approximate surface area is 160 Å². The van der Waals surface area contributed by atoms with Gasteiger partial charge in [0.2, 0.25) is 0 Å². The summed E-state index contributed by atoms with van der Waals surface area (Å²) in [5.74, 6) is 0.970. The van der Waals surface area contributed by atoms with Crippen molar-refractivity contribution in [1.82, 2.24) is 0 Å². The SMILES string of the molecule is C=CCC/C(C)=C/CC/C(C)=C/CCC1=CCCc2cc(OC)ccc21. The number of allylic oxidation sites excluding steroid dienone is 7. The van der Waals surface area contributed by atoms with Gasteiger partial charge in [0.1, 0.15) is 5.75 Å². The highest BCUT2D eigenvalue weighted by molar-refractivity contribution is 5.71. The molecule has 26 heavy (non-hydrogen) atoms. The van der Waals surface area contributed by atoms with Gasteiger partial charge in [-0.15, -0.1) is 6.58 Å². The Kier molecular flexibility index (Phi) is 8.47. The van der Waals surface area contributed by atoms with Crippen LogP contribution in [0, 0.1) is 0 Å². The first-order chi connectivity index (χ1) is 12.6. The molecule has 0 N–H and O–H groups in total. The van der Waals surface area contributed by atoms with Gasteiger partial charge in [0.15, 0.2) is 0 Å². The van der Waals surface area contributed by atoms with Crippen LogP contribution < -0.4 is 4.74 Å². The average Bonchev–Trinajstić information content (AvgIpc) is 2.66. The summed E-state index contributed by atoms with van der Waals surface area (Å²) in [6.07, 6.45) is 18.3. The lowest BCUT2D eigenvalue weighted by Crippen LogP contribution is -2.00. The Hall–Kier alpha value is -2.02. The van der Waals surface area contributed by atoms with Gasteiger partial charge in [-0.3, -0.25) is 0 Å². The normalized spacial score (nSPS) is 14.7. The van der Waals surface area contributed by atoms with Crippen LogP contribution in [0.2, 0.25) is 0 Å². The van der Waals surface area contributed by atoms with Crippen LogP contribution in [0.25, 0.3) is 5.57 Å². The van der Waals surface area contributed by atoms with Crippen molar-refractivity contribution in [1.29, 1.82) is 0 Å². The standard InChI is InChI=1S/C25H34O/c1-5-6-10-20(2)11-7-12-21(3)13-8-14-22-15-9-16-23-19-24(26-4)17-18-25(22)23/h5,11,13,15,17-19H,1,6-10,12,14,16H2,2-4H3/b20-11+,21-13+. The predicted molar refractivity (Wildman–Crippen MR) is 115 cm³/mol. The number of ether oxygens (including phenoxy) is 1. The van der Waals surface area contributed by atoms with E-state index in [1.54, 1.807) is 7.11 Å². The van der Waals surface area contributed by atoms with Gasteiger partial charge in [0.25, 0.3) is 0 Å². The molecule has 0 heterocycles. The number of methoxy groups -OCH3 is 1. The van der Waals surface area contributed by atoms with Crippen LogP contribution in [0.1, 0.15) is 69.9 Å². The summed E-state index contributed by atoms with van der Waals surface area (Å²) in [7, 11) is 1.74. The second-order valence-electron chi connectivity index (χ2n) is 7.30. The molecule has 0 radical (unpaired) electrons. The Morgan fingerprint density at radius 3 is 2.54 bits per heavy atom. The molecule has 0 spiro atoms. The van der Waals surface area contributed by atoms with E-state index in [2.05, 4.69) is 56.9 Å². The molecule has 0 bridgehead atoms. The van der Waals surface area contributed by atoms with Crippen LogP contribution in [0.3, 0.4) is 0 Å². The van der Waals surface area contributed by atoms with E-state index in [0.717, 1.165) is 57.1 Å². The molecular formula is C25H34O.